The van der Waals surface area contributed by atoms with Crippen molar-refractivity contribution in [2.75, 3.05) is 25.6 Å². The molecule has 0 atom stereocenters. The average Bonchev–Trinajstić information content (AvgIpc) is 3.27. The lowest BCUT2D eigenvalue weighted by Crippen LogP contribution is -2.30. The predicted molar refractivity (Wildman–Crippen MR) is 120 cm³/mol. The van der Waals surface area contributed by atoms with E-state index in [1.54, 1.807) is 11.2 Å². The van der Waals surface area contributed by atoms with Gasteiger partial charge in [-0.25, -0.2) is 0 Å². The fourth-order valence-electron chi connectivity index (χ4n) is 3.15. The second-order valence-corrected chi connectivity index (χ2v) is 7.53. The van der Waals surface area contributed by atoms with Crippen LogP contribution in [0.5, 0.6) is 5.75 Å². The summed E-state index contributed by atoms with van der Waals surface area (Å²) in [6, 6.07) is 19.4. The molecule has 30 heavy (non-hydrogen) atoms. The molecule has 0 radical (unpaired) electrons. The summed E-state index contributed by atoms with van der Waals surface area (Å²) in [6.45, 7) is 3.68. The molecule has 0 N–H and O–H groups in total. The molecule has 3 rings (SSSR count). The topological polar surface area (TPSA) is 45.9 Å². The van der Waals surface area contributed by atoms with Crippen LogP contribution in [0.25, 0.3) is 0 Å². The van der Waals surface area contributed by atoms with Crippen molar-refractivity contribution in [2.24, 2.45) is 0 Å². The molecule has 1 aromatic heterocycles. The summed E-state index contributed by atoms with van der Waals surface area (Å²) >= 11 is 0. The number of carbonyl (C=O) groups excluding carboxylic acids is 1. The Bertz CT molecular complexity index is 918. The quantitative estimate of drug-likeness (QED) is 0.425. The SMILES string of the molecule is CCCCOc1cccc(C(=O)N(Cc2ccc(N(C)C)cc2)Cc2ccco2)c1. The van der Waals surface area contributed by atoms with Gasteiger partial charge >= 0.3 is 0 Å². The Hall–Kier alpha value is -3.21. The maximum atomic E-state index is 13.4. The highest BCUT2D eigenvalue weighted by atomic mass is 16.5. The molecule has 5 heteroatoms. The maximum absolute atomic E-state index is 13.4. The second kappa shape index (κ2) is 10.5. The predicted octanol–water partition coefficient (Wildman–Crippen LogP) is 5.37. The lowest BCUT2D eigenvalue weighted by Gasteiger charge is -2.23. The standard InChI is InChI=1S/C25H30N2O3/c1-4-5-15-29-23-9-6-8-21(17-23)25(28)27(19-24-10-7-16-30-24)18-20-11-13-22(14-12-20)26(2)3/h6-14,16-17H,4-5,15,18-19H2,1-3H3. The second-order valence-electron chi connectivity index (χ2n) is 7.53. The van der Waals surface area contributed by atoms with Crippen molar-refractivity contribution in [3.63, 3.8) is 0 Å². The van der Waals surface area contributed by atoms with Crippen LogP contribution in [0.2, 0.25) is 0 Å². The van der Waals surface area contributed by atoms with Gasteiger partial charge in [-0.1, -0.05) is 31.5 Å². The summed E-state index contributed by atoms with van der Waals surface area (Å²) in [7, 11) is 4.02. The minimum absolute atomic E-state index is 0.0518. The Kier molecular flexibility index (Phi) is 7.55. The highest BCUT2D eigenvalue weighted by Crippen LogP contribution is 2.20. The first kappa shape index (κ1) is 21.5. The normalized spacial score (nSPS) is 10.6. The van der Waals surface area contributed by atoms with Gasteiger partial charge in [0.05, 0.1) is 19.4 Å². The third-order valence-corrected chi connectivity index (χ3v) is 4.89. The van der Waals surface area contributed by atoms with E-state index in [0.29, 0.717) is 25.3 Å². The molecule has 1 heterocycles. The molecule has 0 saturated carbocycles. The summed E-state index contributed by atoms with van der Waals surface area (Å²) < 4.78 is 11.3. The molecule has 0 aliphatic carbocycles. The summed E-state index contributed by atoms with van der Waals surface area (Å²) in [5.41, 5.74) is 2.80. The van der Waals surface area contributed by atoms with Gasteiger partial charge in [-0.05, 0) is 54.4 Å². The van der Waals surface area contributed by atoms with Crippen molar-refractivity contribution < 1.29 is 13.9 Å². The smallest absolute Gasteiger partial charge is 0.254 e. The summed E-state index contributed by atoms with van der Waals surface area (Å²) in [5, 5.41) is 0. The zero-order chi connectivity index (χ0) is 21.3. The molecule has 5 nitrogen and oxygen atoms in total. The molecule has 0 unspecified atom stereocenters. The van der Waals surface area contributed by atoms with Crippen LogP contribution in [-0.4, -0.2) is 31.5 Å². The molecule has 2 aromatic carbocycles. The molecule has 0 fully saturated rings. The monoisotopic (exact) mass is 406 g/mol. The number of hydrogen-bond acceptors (Lipinski definition) is 4. The van der Waals surface area contributed by atoms with Gasteiger partial charge in [0.1, 0.15) is 11.5 Å². The van der Waals surface area contributed by atoms with Crippen molar-refractivity contribution in [1.82, 2.24) is 4.90 Å². The van der Waals surface area contributed by atoms with Gasteiger partial charge in [-0.15, -0.1) is 0 Å². The van der Waals surface area contributed by atoms with Crippen LogP contribution in [0.3, 0.4) is 0 Å². The van der Waals surface area contributed by atoms with Crippen LogP contribution in [0, 0.1) is 0 Å². The summed E-state index contributed by atoms with van der Waals surface area (Å²) in [5.74, 6) is 1.43. The van der Waals surface area contributed by atoms with E-state index >= 15 is 0 Å². The minimum atomic E-state index is -0.0518. The number of nitrogens with zero attached hydrogens (tertiary/aromatic N) is 2. The van der Waals surface area contributed by atoms with E-state index in [9.17, 15) is 4.79 Å². The molecule has 1 amide bonds. The highest BCUT2D eigenvalue weighted by molar-refractivity contribution is 5.94. The lowest BCUT2D eigenvalue weighted by atomic mass is 10.1. The number of ether oxygens (including phenoxy) is 1. The Morgan fingerprint density at radius 3 is 2.47 bits per heavy atom. The van der Waals surface area contributed by atoms with Crippen LogP contribution in [0.15, 0.2) is 71.3 Å². The van der Waals surface area contributed by atoms with E-state index in [4.69, 9.17) is 9.15 Å². The molecular weight excluding hydrogens is 376 g/mol. The summed E-state index contributed by atoms with van der Waals surface area (Å²) in [6.07, 6.45) is 3.69. The number of benzene rings is 2. The van der Waals surface area contributed by atoms with Gasteiger partial charge in [-0.2, -0.15) is 0 Å². The fraction of sp³-hybridized carbons (Fsp3) is 0.320. The van der Waals surface area contributed by atoms with Crippen molar-refractivity contribution in [3.05, 3.63) is 83.8 Å². The fourth-order valence-corrected chi connectivity index (χ4v) is 3.15. The zero-order valence-corrected chi connectivity index (χ0v) is 18.0. The van der Waals surface area contributed by atoms with Gasteiger partial charge in [0.25, 0.3) is 5.91 Å². The van der Waals surface area contributed by atoms with E-state index in [0.717, 1.165) is 35.6 Å². The number of amides is 1. The van der Waals surface area contributed by atoms with Gasteiger partial charge < -0.3 is 19.0 Å². The van der Waals surface area contributed by atoms with Crippen LogP contribution in [0.1, 0.15) is 41.4 Å². The molecule has 0 spiro atoms. The maximum Gasteiger partial charge on any atom is 0.254 e. The third-order valence-electron chi connectivity index (χ3n) is 4.89. The van der Waals surface area contributed by atoms with Crippen LogP contribution >= 0.6 is 0 Å². The number of anilines is 1. The van der Waals surface area contributed by atoms with E-state index in [1.807, 2.05) is 50.5 Å². The summed E-state index contributed by atoms with van der Waals surface area (Å²) in [4.78, 5) is 17.2. The van der Waals surface area contributed by atoms with Crippen LogP contribution in [-0.2, 0) is 13.1 Å². The van der Waals surface area contributed by atoms with Gasteiger partial charge in [0, 0.05) is 31.9 Å². The van der Waals surface area contributed by atoms with Crippen molar-refractivity contribution in [2.45, 2.75) is 32.9 Å². The van der Waals surface area contributed by atoms with Crippen molar-refractivity contribution in [1.29, 1.82) is 0 Å². The molecule has 3 aromatic rings. The van der Waals surface area contributed by atoms with E-state index in [2.05, 4.69) is 36.1 Å². The number of carbonyl (C=O) groups is 1. The number of hydrogen-bond donors (Lipinski definition) is 0. The lowest BCUT2D eigenvalue weighted by molar-refractivity contribution is 0.0717. The molecule has 0 aliphatic heterocycles. The molecule has 0 aliphatic rings. The first-order chi connectivity index (χ1) is 14.6. The zero-order valence-electron chi connectivity index (χ0n) is 18.0. The minimum Gasteiger partial charge on any atom is -0.494 e. The molecule has 158 valence electrons. The van der Waals surface area contributed by atoms with E-state index in [-0.39, 0.29) is 5.91 Å². The van der Waals surface area contributed by atoms with Crippen LogP contribution < -0.4 is 9.64 Å². The van der Waals surface area contributed by atoms with Crippen LogP contribution in [0.4, 0.5) is 5.69 Å². The Balaban J connectivity index is 1.79. The third kappa shape index (κ3) is 5.89. The first-order valence-corrected chi connectivity index (χ1v) is 10.4. The Morgan fingerprint density at radius 2 is 1.80 bits per heavy atom. The van der Waals surface area contributed by atoms with Gasteiger partial charge in [-0.3, -0.25) is 4.79 Å². The first-order valence-electron chi connectivity index (χ1n) is 10.4. The Labute approximate surface area is 178 Å². The van der Waals surface area contributed by atoms with E-state index < -0.39 is 0 Å². The number of furan rings is 1. The van der Waals surface area contributed by atoms with Gasteiger partial charge in [0.15, 0.2) is 0 Å². The largest absolute Gasteiger partial charge is 0.494 e. The highest BCUT2D eigenvalue weighted by Gasteiger charge is 2.18. The number of unbranched alkanes of at least 4 members (excludes halogenated alkanes) is 1. The number of rotatable bonds is 10. The van der Waals surface area contributed by atoms with Crippen molar-refractivity contribution >= 4 is 11.6 Å². The van der Waals surface area contributed by atoms with Crippen molar-refractivity contribution in [3.8, 4) is 5.75 Å². The van der Waals surface area contributed by atoms with Gasteiger partial charge in [0.2, 0.25) is 0 Å². The Morgan fingerprint density at radius 1 is 1.00 bits per heavy atom. The average molecular weight is 407 g/mol. The van der Waals surface area contributed by atoms with E-state index in [1.165, 1.54) is 0 Å². The molecule has 0 bridgehead atoms. The molecular formula is C25H30N2O3. The molecule has 0 saturated heterocycles.